The summed E-state index contributed by atoms with van der Waals surface area (Å²) >= 11 is 0. The zero-order valence-electron chi connectivity index (χ0n) is 11.9. The Morgan fingerprint density at radius 2 is 1.86 bits per heavy atom. The summed E-state index contributed by atoms with van der Waals surface area (Å²) in [6.45, 7) is 0. The molecular weight excluding hydrogens is 300 g/mol. The van der Waals surface area contributed by atoms with Gasteiger partial charge in [-0.25, -0.2) is 8.42 Å². The maximum Gasteiger partial charge on any atom is 0.191 e. The molecule has 0 saturated carbocycles. The quantitative estimate of drug-likeness (QED) is 0.800. The van der Waals surface area contributed by atoms with E-state index in [2.05, 4.69) is 0 Å². The molecule has 112 valence electrons. The molecule has 3 rings (SSSR count). The second kappa shape index (κ2) is 5.42. The predicted molar refractivity (Wildman–Crippen MR) is 83.8 cm³/mol. The Balaban J connectivity index is 2.10. The van der Waals surface area contributed by atoms with E-state index in [0.717, 1.165) is 5.56 Å². The second-order valence-electron chi connectivity index (χ2n) is 5.03. The third kappa shape index (κ3) is 2.55. The van der Waals surface area contributed by atoms with Gasteiger partial charge < -0.3 is 4.74 Å². The molecule has 1 aliphatic heterocycles. The minimum atomic E-state index is -3.48. The maximum absolute atomic E-state index is 12.5. The lowest BCUT2D eigenvalue weighted by Gasteiger charge is -2.17. The van der Waals surface area contributed by atoms with Gasteiger partial charge in [-0.15, -0.1) is 0 Å². The first-order valence-corrected chi connectivity index (χ1v) is 8.37. The van der Waals surface area contributed by atoms with Crippen LogP contribution in [0.25, 0.3) is 6.08 Å². The number of hydrogen-bond donors (Lipinski definition) is 0. The maximum atomic E-state index is 12.5. The van der Waals surface area contributed by atoms with E-state index in [9.17, 15) is 13.2 Å². The van der Waals surface area contributed by atoms with Gasteiger partial charge in [0, 0.05) is 11.1 Å². The summed E-state index contributed by atoms with van der Waals surface area (Å²) in [6, 6.07) is 13.5. The van der Waals surface area contributed by atoms with Crippen molar-refractivity contribution in [2.45, 2.75) is 4.90 Å². The van der Waals surface area contributed by atoms with E-state index in [1.807, 2.05) is 0 Å². The minimum absolute atomic E-state index is 0.114. The lowest BCUT2D eigenvalue weighted by molar-refractivity contribution is 0.103. The molecule has 0 aromatic heterocycles. The third-order valence-electron chi connectivity index (χ3n) is 3.54. The number of rotatable bonds is 2. The zero-order chi connectivity index (χ0) is 15.7. The van der Waals surface area contributed by atoms with Gasteiger partial charge in [0.1, 0.15) is 5.75 Å². The number of carbonyl (C=O) groups excluding carboxylic acids is 1. The van der Waals surface area contributed by atoms with Crippen molar-refractivity contribution in [3.63, 3.8) is 0 Å². The van der Waals surface area contributed by atoms with Crippen molar-refractivity contribution < 1.29 is 17.9 Å². The molecule has 1 heterocycles. The molecule has 1 aliphatic rings. The second-order valence-corrected chi connectivity index (χ2v) is 6.99. The number of Topliss-reactive ketones (excluding diaryl/α,β-unsaturated/α-hetero) is 1. The van der Waals surface area contributed by atoms with Gasteiger partial charge >= 0.3 is 0 Å². The Kier molecular flexibility index (Phi) is 3.58. The van der Waals surface area contributed by atoms with Crippen LogP contribution in [0.4, 0.5) is 0 Å². The summed E-state index contributed by atoms with van der Waals surface area (Å²) in [5.41, 5.74) is 1.24. The number of methoxy groups -OCH3 is 1. The van der Waals surface area contributed by atoms with Gasteiger partial charge in [-0.05, 0) is 35.9 Å². The summed E-state index contributed by atoms with van der Waals surface area (Å²) < 4.78 is 29.8. The average molecular weight is 314 g/mol. The van der Waals surface area contributed by atoms with E-state index in [4.69, 9.17) is 4.74 Å². The van der Waals surface area contributed by atoms with Crippen LogP contribution >= 0.6 is 0 Å². The lowest BCUT2D eigenvalue weighted by Crippen LogP contribution is -2.24. The minimum Gasteiger partial charge on any atom is -0.497 e. The first kappa shape index (κ1) is 14.5. The van der Waals surface area contributed by atoms with Crippen molar-refractivity contribution in [1.82, 2.24) is 0 Å². The third-order valence-corrected chi connectivity index (χ3v) is 5.26. The van der Waals surface area contributed by atoms with Crippen molar-refractivity contribution in [2.24, 2.45) is 0 Å². The molecule has 5 heteroatoms. The zero-order valence-corrected chi connectivity index (χ0v) is 12.8. The molecule has 0 aliphatic carbocycles. The van der Waals surface area contributed by atoms with Crippen LogP contribution in [0.5, 0.6) is 5.75 Å². The normalized spacial score (nSPS) is 18.0. The smallest absolute Gasteiger partial charge is 0.191 e. The van der Waals surface area contributed by atoms with Gasteiger partial charge in [0.2, 0.25) is 0 Å². The van der Waals surface area contributed by atoms with Crippen LogP contribution in [0.2, 0.25) is 0 Å². The molecule has 0 saturated heterocycles. The molecule has 0 spiro atoms. The van der Waals surface area contributed by atoms with E-state index in [1.54, 1.807) is 55.7 Å². The fraction of sp³-hybridized carbons (Fsp3) is 0.118. The Morgan fingerprint density at radius 1 is 1.09 bits per heavy atom. The topological polar surface area (TPSA) is 60.4 Å². The summed E-state index contributed by atoms with van der Waals surface area (Å²) in [5, 5.41) is 0. The fourth-order valence-electron chi connectivity index (χ4n) is 2.49. The molecule has 0 fully saturated rings. The Labute approximate surface area is 129 Å². The standard InChI is InChI=1S/C17H14O4S/c1-21-14-6-4-5-12(10-14)9-13-11-22(19,20)16-8-3-2-7-15(16)17(13)18/h2-10H,11H2,1H3/b13-9+. The molecule has 2 aromatic rings. The molecule has 0 bridgehead atoms. The number of hydrogen-bond acceptors (Lipinski definition) is 4. The highest BCUT2D eigenvalue weighted by atomic mass is 32.2. The highest BCUT2D eigenvalue weighted by Gasteiger charge is 2.32. The number of ether oxygens (including phenoxy) is 1. The van der Waals surface area contributed by atoms with Gasteiger partial charge in [0.15, 0.2) is 15.6 Å². The molecule has 0 radical (unpaired) electrons. The molecule has 4 nitrogen and oxygen atoms in total. The van der Waals surface area contributed by atoms with E-state index in [1.165, 1.54) is 6.07 Å². The highest BCUT2D eigenvalue weighted by Crippen LogP contribution is 2.29. The molecule has 22 heavy (non-hydrogen) atoms. The van der Waals surface area contributed by atoms with Crippen LogP contribution in [-0.4, -0.2) is 27.1 Å². The van der Waals surface area contributed by atoms with Crippen LogP contribution in [0, 0.1) is 0 Å². The summed E-state index contributed by atoms with van der Waals surface area (Å²) in [5.74, 6) is 0.133. The molecule has 0 N–H and O–H groups in total. The Morgan fingerprint density at radius 3 is 2.64 bits per heavy atom. The molecule has 0 atom stereocenters. The first-order valence-electron chi connectivity index (χ1n) is 6.72. The van der Waals surface area contributed by atoms with E-state index < -0.39 is 9.84 Å². The van der Waals surface area contributed by atoms with Crippen LogP contribution in [-0.2, 0) is 9.84 Å². The summed E-state index contributed by atoms with van der Waals surface area (Å²) in [4.78, 5) is 12.6. The van der Waals surface area contributed by atoms with E-state index >= 15 is 0 Å². The van der Waals surface area contributed by atoms with Gasteiger partial charge in [-0.3, -0.25) is 4.79 Å². The number of benzene rings is 2. The molecule has 2 aromatic carbocycles. The van der Waals surface area contributed by atoms with Crippen LogP contribution < -0.4 is 4.74 Å². The monoisotopic (exact) mass is 314 g/mol. The lowest BCUT2D eigenvalue weighted by atomic mass is 10.0. The SMILES string of the molecule is COc1cccc(/C=C2\CS(=O)(=O)c3ccccc3C2=O)c1. The van der Waals surface area contributed by atoms with Crippen molar-refractivity contribution in [3.8, 4) is 5.75 Å². The Bertz CT molecular complexity index is 879. The van der Waals surface area contributed by atoms with Gasteiger partial charge in [0.25, 0.3) is 0 Å². The van der Waals surface area contributed by atoms with Crippen molar-refractivity contribution in [3.05, 3.63) is 65.2 Å². The van der Waals surface area contributed by atoms with E-state index in [0.29, 0.717) is 5.75 Å². The van der Waals surface area contributed by atoms with Crippen LogP contribution in [0.1, 0.15) is 15.9 Å². The summed E-state index contributed by atoms with van der Waals surface area (Å²) in [6.07, 6.45) is 1.61. The fourth-order valence-corrected chi connectivity index (χ4v) is 4.05. The number of sulfone groups is 1. The van der Waals surface area contributed by atoms with Gasteiger partial charge in [0.05, 0.1) is 17.8 Å². The number of fused-ring (bicyclic) bond motifs is 1. The van der Waals surface area contributed by atoms with Crippen LogP contribution in [0.3, 0.4) is 0 Å². The van der Waals surface area contributed by atoms with Crippen molar-refractivity contribution in [2.75, 3.05) is 12.9 Å². The molecule has 0 unspecified atom stereocenters. The summed E-state index contributed by atoms with van der Waals surface area (Å²) in [7, 11) is -1.93. The van der Waals surface area contributed by atoms with Gasteiger partial charge in [-0.2, -0.15) is 0 Å². The van der Waals surface area contributed by atoms with Crippen molar-refractivity contribution >= 4 is 21.7 Å². The first-order chi connectivity index (χ1) is 10.5. The highest BCUT2D eigenvalue weighted by molar-refractivity contribution is 7.91. The van der Waals surface area contributed by atoms with Gasteiger partial charge in [-0.1, -0.05) is 24.3 Å². The number of carbonyl (C=O) groups is 1. The molecular formula is C17H14O4S. The average Bonchev–Trinajstić information content (AvgIpc) is 2.52. The van der Waals surface area contributed by atoms with Crippen molar-refractivity contribution in [1.29, 1.82) is 0 Å². The van der Waals surface area contributed by atoms with Crippen LogP contribution in [0.15, 0.2) is 59.0 Å². The van der Waals surface area contributed by atoms with E-state index in [-0.39, 0.29) is 27.6 Å². The predicted octanol–water partition coefficient (Wildman–Crippen LogP) is 2.75. The Hall–Kier alpha value is -2.40. The largest absolute Gasteiger partial charge is 0.497 e. The number of ketones is 1. The molecule has 0 amide bonds.